The van der Waals surface area contributed by atoms with Crippen LogP contribution in [0.25, 0.3) is 0 Å². The Kier molecular flexibility index (Phi) is 4.36. The molecule has 3 rings (SSSR count). The van der Waals surface area contributed by atoms with Crippen LogP contribution in [0.2, 0.25) is 0 Å². The fourth-order valence-corrected chi connectivity index (χ4v) is 3.03. The van der Waals surface area contributed by atoms with Crippen molar-refractivity contribution in [3.8, 4) is 0 Å². The average molecular weight is 332 g/mol. The highest BCUT2D eigenvalue weighted by molar-refractivity contribution is 5.94. The molecule has 2 heterocycles. The Morgan fingerprint density at radius 1 is 1.25 bits per heavy atom. The van der Waals surface area contributed by atoms with Crippen LogP contribution >= 0.6 is 0 Å². The van der Waals surface area contributed by atoms with E-state index in [2.05, 4.69) is 15.0 Å². The third-order valence-corrected chi connectivity index (χ3v) is 4.45. The van der Waals surface area contributed by atoms with Crippen molar-refractivity contribution in [3.05, 3.63) is 46.4 Å². The summed E-state index contributed by atoms with van der Waals surface area (Å²) in [6.07, 6.45) is 0. The highest BCUT2D eigenvalue weighted by Crippen LogP contribution is 2.24. The van der Waals surface area contributed by atoms with Crippen LogP contribution in [0.3, 0.4) is 0 Å². The van der Waals surface area contributed by atoms with E-state index >= 15 is 0 Å². The Balaban J connectivity index is 1.83. The number of benzene rings is 1. The predicted molar refractivity (Wildman–Crippen MR) is 86.2 cm³/mol. The second-order valence-corrected chi connectivity index (χ2v) is 6.35. The minimum absolute atomic E-state index is 0.101. The summed E-state index contributed by atoms with van der Waals surface area (Å²) in [4.78, 5) is 21.0. The van der Waals surface area contributed by atoms with Gasteiger partial charge in [0.25, 0.3) is 5.91 Å². The number of carbonyl (C=O) groups is 1. The van der Waals surface area contributed by atoms with Crippen LogP contribution in [0.5, 0.6) is 0 Å². The van der Waals surface area contributed by atoms with Gasteiger partial charge in [-0.3, -0.25) is 9.69 Å². The molecule has 1 fully saturated rings. The van der Waals surface area contributed by atoms with Crippen molar-refractivity contribution in [1.82, 2.24) is 19.9 Å². The van der Waals surface area contributed by atoms with Crippen LogP contribution in [0.15, 0.2) is 16.7 Å². The van der Waals surface area contributed by atoms with Crippen molar-refractivity contribution in [1.29, 1.82) is 0 Å². The maximum Gasteiger partial charge on any atom is 0.253 e. The van der Waals surface area contributed by atoms with Crippen LogP contribution < -0.4 is 0 Å². The maximum atomic E-state index is 13.8. The number of aryl methyl sites for hydroxylation is 3. The zero-order valence-corrected chi connectivity index (χ0v) is 14.3. The van der Waals surface area contributed by atoms with Gasteiger partial charge in [0.15, 0.2) is 5.82 Å². The van der Waals surface area contributed by atoms with Crippen LogP contribution in [-0.4, -0.2) is 52.5 Å². The van der Waals surface area contributed by atoms with Crippen LogP contribution in [0.4, 0.5) is 4.39 Å². The zero-order valence-electron chi connectivity index (χ0n) is 14.3. The summed E-state index contributed by atoms with van der Waals surface area (Å²) in [7, 11) is 1.97. The SMILES string of the molecule is Cc1noc([C@@H]2CN(C(=O)c3cc(C)c(F)c(C)c3)CCN2C)n1. The van der Waals surface area contributed by atoms with Gasteiger partial charge in [0, 0.05) is 25.2 Å². The van der Waals surface area contributed by atoms with Crippen LogP contribution in [-0.2, 0) is 0 Å². The summed E-state index contributed by atoms with van der Waals surface area (Å²) in [5, 5.41) is 3.83. The summed E-state index contributed by atoms with van der Waals surface area (Å²) in [6.45, 7) is 6.89. The second kappa shape index (κ2) is 6.32. The van der Waals surface area contributed by atoms with Crippen molar-refractivity contribution in [3.63, 3.8) is 0 Å². The van der Waals surface area contributed by atoms with Gasteiger partial charge in [-0.15, -0.1) is 0 Å². The summed E-state index contributed by atoms with van der Waals surface area (Å²) >= 11 is 0. The monoisotopic (exact) mass is 332 g/mol. The quantitative estimate of drug-likeness (QED) is 0.844. The molecule has 7 heteroatoms. The van der Waals surface area contributed by atoms with Crippen LogP contribution in [0, 0.1) is 26.6 Å². The topological polar surface area (TPSA) is 62.5 Å². The van der Waals surface area contributed by atoms with Crippen LogP contribution in [0.1, 0.15) is 39.2 Å². The first-order valence-electron chi connectivity index (χ1n) is 7.93. The molecule has 1 atom stereocenters. The number of hydrogen-bond donors (Lipinski definition) is 0. The molecular weight excluding hydrogens is 311 g/mol. The number of hydrogen-bond acceptors (Lipinski definition) is 5. The van der Waals surface area contributed by atoms with Crippen molar-refractivity contribution < 1.29 is 13.7 Å². The molecule has 24 heavy (non-hydrogen) atoms. The Morgan fingerprint density at radius 2 is 1.92 bits per heavy atom. The number of amides is 1. The van der Waals surface area contributed by atoms with Crippen molar-refractivity contribution >= 4 is 5.91 Å². The van der Waals surface area contributed by atoms with E-state index in [0.29, 0.717) is 48.0 Å². The number of carbonyl (C=O) groups excluding carboxylic acids is 1. The van der Waals surface area contributed by atoms with Crippen molar-refractivity contribution in [2.75, 3.05) is 26.7 Å². The number of aromatic nitrogens is 2. The summed E-state index contributed by atoms with van der Waals surface area (Å²) in [6, 6.07) is 3.08. The van der Waals surface area contributed by atoms with Gasteiger partial charge in [-0.25, -0.2) is 4.39 Å². The fourth-order valence-electron chi connectivity index (χ4n) is 3.03. The minimum atomic E-state index is -0.260. The van der Waals surface area contributed by atoms with Gasteiger partial charge in [0.1, 0.15) is 11.9 Å². The van der Waals surface area contributed by atoms with Gasteiger partial charge in [-0.2, -0.15) is 4.98 Å². The van der Waals surface area contributed by atoms with Crippen molar-refractivity contribution in [2.45, 2.75) is 26.8 Å². The van der Waals surface area contributed by atoms with Gasteiger partial charge >= 0.3 is 0 Å². The molecule has 0 N–H and O–H groups in total. The van der Waals surface area contributed by atoms with Crippen molar-refractivity contribution in [2.24, 2.45) is 0 Å². The molecule has 128 valence electrons. The fraction of sp³-hybridized carbons (Fsp3) is 0.471. The molecule has 1 aliphatic heterocycles. The summed E-state index contributed by atoms with van der Waals surface area (Å²) in [5.74, 6) is 0.727. The highest BCUT2D eigenvalue weighted by atomic mass is 19.1. The predicted octanol–water partition coefficient (Wildman–Crippen LogP) is 2.26. The van der Waals surface area contributed by atoms with E-state index in [-0.39, 0.29) is 17.8 Å². The number of piperazine rings is 1. The Bertz CT molecular complexity index is 751. The molecular formula is C17H21FN4O2. The van der Waals surface area contributed by atoms with E-state index in [4.69, 9.17) is 4.52 Å². The number of nitrogens with zero attached hydrogens (tertiary/aromatic N) is 4. The Labute approximate surface area is 140 Å². The van der Waals surface area contributed by atoms with Gasteiger partial charge in [-0.1, -0.05) is 5.16 Å². The third kappa shape index (κ3) is 3.03. The first kappa shape index (κ1) is 16.6. The largest absolute Gasteiger partial charge is 0.338 e. The highest BCUT2D eigenvalue weighted by Gasteiger charge is 2.32. The van der Waals surface area contributed by atoms with Gasteiger partial charge in [0.05, 0.1) is 0 Å². The first-order chi connectivity index (χ1) is 11.4. The molecule has 1 aromatic carbocycles. The molecule has 0 radical (unpaired) electrons. The van der Waals surface area contributed by atoms with E-state index in [0.717, 1.165) is 0 Å². The lowest BCUT2D eigenvalue weighted by Crippen LogP contribution is -2.49. The molecule has 0 spiro atoms. The first-order valence-corrected chi connectivity index (χ1v) is 7.93. The van der Waals surface area contributed by atoms with E-state index in [1.807, 2.05) is 7.05 Å². The maximum absolute atomic E-state index is 13.8. The number of likely N-dealkylation sites (N-methyl/N-ethyl adjacent to an activating group) is 1. The van der Waals surface area contributed by atoms with E-state index < -0.39 is 0 Å². The number of halogens is 1. The minimum Gasteiger partial charge on any atom is -0.338 e. The standard InChI is InChI=1S/C17H21FN4O2/c1-10-7-13(8-11(2)15(10)18)17(23)22-6-5-21(4)14(9-22)16-19-12(3)20-24-16/h7-8,14H,5-6,9H2,1-4H3/t14-/m0/s1. The Hall–Kier alpha value is -2.28. The van der Waals surface area contributed by atoms with Gasteiger partial charge in [-0.05, 0) is 51.1 Å². The third-order valence-electron chi connectivity index (χ3n) is 4.45. The molecule has 0 aliphatic carbocycles. The molecule has 1 saturated heterocycles. The summed E-state index contributed by atoms with van der Waals surface area (Å²) < 4.78 is 19.1. The second-order valence-electron chi connectivity index (χ2n) is 6.35. The number of rotatable bonds is 2. The summed E-state index contributed by atoms with van der Waals surface area (Å²) in [5.41, 5.74) is 1.48. The molecule has 1 amide bonds. The van der Waals surface area contributed by atoms with E-state index in [1.54, 1.807) is 37.8 Å². The molecule has 0 unspecified atom stereocenters. The molecule has 0 saturated carbocycles. The van der Waals surface area contributed by atoms with E-state index in [1.165, 1.54) is 0 Å². The Morgan fingerprint density at radius 3 is 2.50 bits per heavy atom. The zero-order chi connectivity index (χ0) is 17.4. The molecule has 0 bridgehead atoms. The molecule has 2 aromatic rings. The molecule has 1 aromatic heterocycles. The van der Waals surface area contributed by atoms with Gasteiger partial charge in [0.2, 0.25) is 5.89 Å². The van der Waals surface area contributed by atoms with Gasteiger partial charge < -0.3 is 9.42 Å². The average Bonchev–Trinajstić information content (AvgIpc) is 2.98. The lowest BCUT2D eigenvalue weighted by atomic mass is 10.0. The lowest BCUT2D eigenvalue weighted by Gasteiger charge is -2.37. The molecule has 6 nitrogen and oxygen atoms in total. The smallest absolute Gasteiger partial charge is 0.253 e. The lowest BCUT2D eigenvalue weighted by molar-refractivity contribution is 0.0488. The molecule has 1 aliphatic rings. The normalized spacial score (nSPS) is 18.9. The van der Waals surface area contributed by atoms with E-state index in [9.17, 15) is 9.18 Å².